The first-order chi connectivity index (χ1) is 22.6. The van der Waals surface area contributed by atoms with Crippen molar-refractivity contribution in [2.75, 3.05) is 81.9 Å². The summed E-state index contributed by atoms with van der Waals surface area (Å²) in [4.78, 5) is 18.0. The van der Waals surface area contributed by atoms with E-state index in [0.717, 1.165) is 116 Å². The summed E-state index contributed by atoms with van der Waals surface area (Å²) in [6, 6.07) is 26.6. The molecular formula is C37H40N4O5. The lowest BCUT2D eigenvalue weighted by molar-refractivity contribution is 0.0339. The van der Waals surface area contributed by atoms with Crippen molar-refractivity contribution in [2.24, 2.45) is 0 Å². The van der Waals surface area contributed by atoms with Gasteiger partial charge in [-0.05, 0) is 71.3 Å². The molecule has 2 N–H and O–H groups in total. The van der Waals surface area contributed by atoms with Crippen LogP contribution in [0, 0.1) is 0 Å². The molecule has 0 aromatic heterocycles. The second kappa shape index (κ2) is 13.8. The van der Waals surface area contributed by atoms with E-state index in [0.29, 0.717) is 12.2 Å². The Morgan fingerprint density at radius 1 is 0.739 bits per heavy atom. The van der Waals surface area contributed by atoms with E-state index in [2.05, 4.69) is 56.8 Å². The molecule has 2 saturated heterocycles. The summed E-state index contributed by atoms with van der Waals surface area (Å²) >= 11 is 0. The first-order valence-electron chi connectivity index (χ1n) is 16.0. The number of anilines is 4. The molecule has 238 valence electrons. The van der Waals surface area contributed by atoms with Crippen LogP contribution in [0.4, 0.5) is 22.7 Å². The fourth-order valence-corrected chi connectivity index (χ4v) is 6.24. The zero-order valence-corrected chi connectivity index (χ0v) is 26.2. The number of rotatable bonds is 9. The highest BCUT2D eigenvalue weighted by molar-refractivity contribution is 6.12. The molecule has 9 heteroatoms. The molecule has 3 aliphatic heterocycles. The highest BCUT2D eigenvalue weighted by Crippen LogP contribution is 2.36. The normalized spacial score (nSPS) is 16.5. The predicted octanol–water partition coefficient (Wildman–Crippen LogP) is 5.96. The third kappa shape index (κ3) is 6.82. The van der Waals surface area contributed by atoms with Gasteiger partial charge in [0.15, 0.2) is 0 Å². The zero-order chi connectivity index (χ0) is 31.3. The number of amides is 1. The fourth-order valence-electron chi connectivity index (χ4n) is 6.24. The number of carbonyl (C=O) groups is 1. The van der Waals surface area contributed by atoms with Crippen LogP contribution >= 0.6 is 0 Å². The van der Waals surface area contributed by atoms with Crippen LogP contribution in [0.5, 0.6) is 11.5 Å². The summed E-state index contributed by atoms with van der Waals surface area (Å²) in [7, 11) is 1.71. The molecule has 4 aromatic rings. The number of nitrogens with one attached hydrogen (secondary N) is 2. The van der Waals surface area contributed by atoms with E-state index >= 15 is 0 Å². The third-order valence-electron chi connectivity index (χ3n) is 8.86. The van der Waals surface area contributed by atoms with Crippen molar-refractivity contribution in [3.05, 3.63) is 95.6 Å². The number of morpholine rings is 2. The Morgan fingerprint density at radius 2 is 1.48 bits per heavy atom. The molecular weight excluding hydrogens is 580 g/mol. The van der Waals surface area contributed by atoms with E-state index in [1.54, 1.807) is 7.11 Å². The molecule has 0 radical (unpaired) electrons. The van der Waals surface area contributed by atoms with Crippen molar-refractivity contribution in [2.45, 2.75) is 13.0 Å². The molecule has 7 rings (SSSR count). The number of hydrogen-bond acceptors (Lipinski definition) is 8. The van der Waals surface area contributed by atoms with Crippen molar-refractivity contribution >= 4 is 28.7 Å². The molecule has 4 aromatic carbocycles. The third-order valence-corrected chi connectivity index (χ3v) is 8.86. The average Bonchev–Trinajstić information content (AvgIpc) is 3.24. The van der Waals surface area contributed by atoms with Crippen LogP contribution in [0.25, 0.3) is 11.1 Å². The maximum atomic E-state index is 13.3. The molecule has 3 heterocycles. The summed E-state index contributed by atoms with van der Waals surface area (Å²) < 4.78 is 22.8. The maximum absolute atomic E-state index is 13.3. The minimum Gasteiger partial charge on any atom is -0.496 e. The van der Waals surface area contributed by atoms with Crippen LogP contribution in [0.15, 0.2) is 78.9 Å². The molecule has 0 spiro atoms. The Balaban J connectivity index is 1.01. The summed E-state index contributed by atoms with van der Waals surface area (Å²) in [5, 5.41) is 6.60. The summed E-state index contributed by atoms with van der Waals surface area (Å²) in [5.74, 6) is 1.56. The Kier molecular flexibility index (Phi) is 9.05. The molecule has 46 heavy (non-hydrogen) atoms. The lowest BCUT2D eigenvalue weighted by atomic mass is 10.00. The molecule has 0 aliphatic carbocycles. The molecule has 2 fully saturated rings. The molecule has 0 atom stereocenters. The molecule has 0 saturated carbocycles. The van der Waals surface area contributed by atoms with E-state index in [1.807, 2.05) is 42.5 Å². The number of benzene rings is 4. The topological polar surface area (TPSA) is 84.5 Å². The second-order valence-corrected chi connectivity index (χ2v) is 11.8. The van der Waals surface area contributed by atoms with Crippen LogP contribution < -0.4 is 25.0 Å². The van der Waals surface area contributed by atoms with Gasteiger partial charge in [0.25, 0.3) is 5.91 Å². The number of fused-ring (bicyclic) bond motifs is 2. The minimum atomic E-state index is -0.139. The highest BCUT2D eigenvalue weighted by Gasteiger charge is 2.21. The Morgan fingerprint density at radius 3 is 2.26 bits per heavy atom. The number of nitrogens with zero attached hydrogens (tertiary/aromatic N) is 2. The molecule has 3 aliphatic rings. The van der Waals surface area contributed by atoms with Gasteiger partial charge in [0, 0.05) is 50.4 Å². The quantitative estimate of drug-likeness (QED) is 0.237. The molecule has 9 nitrogen and oxygen atoms in total. The van der Waals surface area contributed by atoms with Crippen LogP contribution in [0.1, 0.15) is 21.5 Å². The van der Waals surface area contributed by atoms with Gasteiger partial charge in [-0.15, -0.1) is 0 Å². The van der Waals surface area contributed by atoms with E-state index < -0.39 is 0 Å². The second-order valence-electron chi connectivity index (χ2n) is 11.8. The SMILES string of the molecule is COc1cc(-c2ccc3c(c2)Nc2ccc(CCOc4ccc(N5CCOCC5)cc4)cc2NC3=O)ccc1CN1CCOCC1. The van der Waals surface area contributed by atoms with Gasteiger partial charge in [0.2, 0.25) is 0 Å². The highest BCUT2D eigenvalue weighted by atomic mass is 16.5. The van der Waals surface area contributed by atoms with E-state index in [9.17, 15) is 4.79 Å². The Labute approximate surface area is 270 Å². The van der Waals surface area contributed by atoms with Crippen molar-refractivity contribution in [1.82, 2.24) is 4.90 Å². The standard InChI is InChI=1S/C37H40N4O5/c1-43-36-24-28(3-4-29(36)25-40-13-18-44-19-14-40)27-5-10-32-34(23-27)38-33-11-2-26(22-35(33)39-37(32)42)12-17-46-31-8-6-30(7-9-31)41-15-20-45-21-16-41/h2-11,22-24,38H,12-21,25H2,1H3,(H,39,42). The largest absolute Gasteiger partial charge is 0.496 e. The predicted molar refractivity (Wildman–Crippen MR) is 181 cm³/mol. The average molecular weight is 621 g/mol. The fraction of sp³-hybridized carbons (Fsp3) is 0.324. The smallest absolute Gasteiger partial charge is 0.257 e. The number of carbonyl (C=O) groups excluding carboxylic acids is 1. The van der Waals surface area contributed by atoms with Crippen molar-refractivity contribution < 1.29 is 23.7 Å². The lowest BCUT2D eigenvalue weighted by Gasteiger charge is -2.28. The van der Waals surface area contributed by atoms with Gasteiger partial charge >= 0.3 is 0 Å². The van der Waals surface area contributed by atoms with Gasteiger partial charge in [-0.25, -0.2) is 0 Å². The molecule has 0 bridgehead atoms. The van der Waals surface area contributed by atoms with Gasteiger partial charge < -0.3 is 34.5 Å². The Hall–Kier alpha value is -4.57. The van der Waals surface area contributed by atoms with Gasteiger partial charge in [-0.2, -0.15) is 0 Å². The van der Waals surface area contributed by atoms with Crippen molar-refractivity contribution in [3.63, 3.8) is 0 Å². The summed E-state index contributed by atoms with van der Waals surface area (Å²) in [5.41, 5.74) is 8.43. The minimum absolute atomic E-state index is 0.139. The number of ether oxygens (including phenoxy) is 4. The van der Waals surface area contributed by atoms with Crippen molar-refractivity contribution in [3.8, 4) is 22.6 Å². The zero-order valence-electron chi connectivity index (χ0n) is 26.2. The summed E-state index contributed by atoms with van der Waals surface area (Å²) in [6.45, 7) is 8.09. The van der Waals surface area contributed by atoms with E-state index in [1.165, 1.54) is 5.69 Å². The first-order valence-corrected chi connectivity index (χ1v) is 16.0. The van der Waals surface area contributed by atoms with Crippen LogP contribution in [-0.2, 0) is 22.4 Å². The van der Waals surface area contributed by atoms with Gasteiger partial charge in [-0.3, -0.25) is 9.69 Å². The van der Waals surface area contributed by atoms with Gasteiger partial charge in [-0.1, -0.05) is 24.3 Å². The van der Waals surface area contributed by atoms with Crippen LogP contribution in [-0.4, -0.2) is 77.1 Å². The lowest BCUT2D eigenvalue weighted by Crippen LogP contribution is -2.36. The van der Waals surface area contributed by atoms with Crippen LogP contribution in [0.2, 0.25) is 0 Å². The van der Waals surface area contributed by atoms with Gasteiger partial charge in [0.05, 0.1) is 62.8 Å². The number of methoxy groups -OCH3 is 1. The first kappa shape index (κ1) is 30.1. The van der Waals surface area contributed by atoms with E-state index in [-0.39, 0.29) is 5.91 Å². The maximum Gasteiger partial charge on any atom is 0.257 e. The van der Waals surface area contributed by atoms with Gasteiger partial charge in [0.1, 0.15) is 11.5 Å². The monoisotopic (exact) mass is 620 g/mol. The van der Waals surface area contributed by atoms with E-state index in [4.69, 9.17) is 18.9 Å². The molecule has 1 amide bonds. The van der Waals surface area contributed by atoms with Crippen molar-refractivity contribution in [1.29, 1.82) is 0 Å². The Bertz CT molecular complexity index is 1680. The van der Waals surface area contributed by atoms with Crippen LogP contribution in [0.3, 0.4) is 0 Å². The summed E-state index contributed by atoms with van der Waals surface area (Å²) in [6.07, 6.45) is 0.717. The number of hydrogen-bond donors (Lipinski definition) is 2. The molecule has 0 unspecified atom stereocenters.